The number of rotatable bonds is 7. The van der Waals surface area contributed by atoms with Crippen LogP contribution in [0.3, 0.4) is 0 Å². The Kier molecular flexibility index (Phi) is 8.23. The van der Waals surface area contributed by atoms with Gasteiger partial charge in [-0.15, -0.1) is 0 Å². The first-order valence-electron chi connectivity index (χ1n) is 11.8. The third kappa shape index (κ3) is 5.76. The summed E-state index contributed by atoms with van der Waals surface area (Å²) >= 11 is 9.76. The van der Waals surface area contributed by atoms with E-state index in [0.717, 1.165) is 25.7 Å². The summed E-state index contributed by atoms with van der Waals surface area (Å²) < 4.78 is 12.9. The van der Waals surface area contributed by atoms with Crippen LogP contribution in [0.2, 0.25) is 5.02 Å². The number of ether oxygens (including phenoxy) is 2. The number of hydrogen-bond acceptors (Lipinski definition) is 6. The number of nitrogens with zero attached hydrogens (tertiary/aromatic N) is 3. The lowest BCUT2D eigenvalue weighted by Crippen LogP contribution is -2.27. The van der Waals surface area contributed by atoms with E-state index in [1.165, 1.54) is 17.3 Å². The Bertz CT molecular complexity index is 1320. The van der Waals surface area contributed by atoms with Crippen LogP contribution in [-0.2, 0) is 9.53 Å². The number of halogens is 2. The van der Waals surface area contributed by atoms with Crippen molar-refractivity contribution in [3.63, 3.8) is 0 Å². The number of carbonyl (C=O) groups is 1. The van der Waals surface area contributed by atoms with E-state index in [1.807, 2.05) is 18.2 Å². The highest BCUT2D eigenvalue weighted by molar-refractivity contribution is 9.10. The van der Waals surface area contributed by atoms with Gasteiger partial charge in [0.1, 0.15) is 11.6 Å². The number of para-hydroxylation sites is 1. The predicted octanol–water partition coefficient (Wildman–Crippen LogP) is 6.07. The van der Waals surface area contributed by atoms with Gasteiger partial charge in [-0.1, -0.05) is 43.0 Å². The van der Waals surface area contributed by atoms with Gasteiger partial charge in [-0.25, -0.2) is 9.78 Å². The maximum absolute atomic E-state index is 13.5. The van der Waals surface area contributed by atoms with Crippen LogP contribution in [0.25, 0.3) is 10.9 Å². The van der Waals surface area contributed by atoms with Gasteiger partial charge in [0.2, 0.25) is 0 Å². The van der Waals surface area contributed by atoms with E-state index in [2.05, 4.69) is 21.0 Å². The molecule has 2 aromatic carbocycles. The maximum Gasteiger partial charge on any atom is 0.347 e. The fourth-order valence-electron chi connectivity index (χ4n) is 4.28. The highest BCUT2D eigenvalue weighted by Crippen LogP contribution is 2.34. The van der Waals surface area contributed by atoms with Crippen molar-refractivity contribution in [2.24, 2.45) is 5.10 Å². The van der Waals surface area contributed by atoms with E-state index in [9.17, 15) is 9.59 Å². The van der Waals surface area contributed by atoms with Crippen LogP contribution < -0.4 is 10.3 Å². The highest BCUT2D eigenvalue weighted by atomic mass is 79.9. The van der Waals surface area contributed by atoms with E-state index in [1.54, 1.807) is 32.0 Å². The zero-order chi connectivity index (χ0) is 24.9. The first-order chi connectivity index (χ1) is 16.9. The SMILES string of the molecule is CCOC(=O)[C@@H](C)Oc1c(Br)cc(Cl)cc1C=Nn1c(C2CCCCC2)nc2ccccc2c1=O. The summed E-state index contributed by atoms with van der Waals surface area (Å²) in [4.78, 5) is 30.4. The van der Waals surface area contributed by atoms with Crippen LogP contribution in [0.5, 0.6) is 5.75 Å². The first kappa shape index (κ1) is 25.4. The molecule has 0 spiro atoms. The van der Waals surface area contributed by atoms with Crippen LogP contribution in [0.1, 0.15) is 63.3 Å². The summed E-state index contributed by atoms with van der Waals surface area (Å²) in [5, 5.41) is 5.53. The zero-order valence-electron chi connectivity index (χ0n) is 19.7. The van der Waals surface area contributed by atoms with E-state index >= 15 is 0 Å². The number of hydrogen-bond donors (Lipinski definition) is 0. The second-order valence-corrected chi connectivity index (χ2v) is 9.79. The van der Waals surface area contributed by atoms with Crippen LogP contribution in [0.15, 0.2) is 50.8 Å². The second-order valence-electron chi connectivity index (χ2n) is 8.50. The summed E-state index contributed by atoms with van der Waals surface area (Å²) in [6, 6.07) is 10.6. The van der Waals surface area contributed by atoms with E-state index in [4.69, 9.17) is 26.1 Å². The first-order valence-corrected chi connectivity index (χ1v) is 12.9. The number of carbonyl (C=O) groups excluding carboxylic acids is 1. The highest BCUT2D eigenvalue weighted by Gasteiger charge is 2.23. The molecule has 0 bridgehead atoms. The fourth-order valence-corrected chi connectivity index (χ4v) is 5.21. The minimum Gasteiger partial charge on any atom is -0.477 e. The van der Waals surface area contributed by atoms with Crippen molar-refractivity contribution in [1.82, 2.24) is 9.66 Å². The summed E-state index contributed by atoms with van der Waals surface area (Å²) in [7, 11) is 0. The van der Waals surface area contributed by atoms with Crippen molar-refractivity contribution in [3.05, 3.63) is 67.6 Å². The largest absolute Gasteiger partial charge is 0.477 e. The third-order valence-corrected chi connectivity index (χ3v) is 6.82. The van der Waals surface area contributed by atoms with Gasteiger partial charge in [-0.2, -0.15) is 9.78 Å². The van der Waals surface area contributed by atoms with Gasteiger partial charge in [-0.05, 0) is 66.9 Å². The molecule has 3 aromatic rings. The number of fused-ring (bicyclic) bond motifs is 1. The van der Waals surface area contributed by atoms with Crippen molar-refractivity contribution < 1.29 is 14.3 Å². The molecule has 4 rings (SSSR count). The third-order valence-electron chi connectivity index (χ3n) is 6.01. The number of esters is 1. The Balaban J connectivity index is 1.79. The molecular formula is C26H27BrClN3O4. The van der Waals surface area contributed by atoms with Gasteiger partial charge >= 0.3 is 5.97 Å². The molecule has 0 aliphatic heterocycles. The van der Waals surface area contributed by atoms with Crippen LogP contribution in [-0.4, -0.2) is 34.6 Å². The Labute approximate surface area is 217 Å². The molecule has 1 fully saturated rings. The molecule has 0 radical (unpaired) electrons. The summed E-state index contributed by atoms with van der Waals surface area (Å²) in [5.74, 6) is 0.712. The lowest BCUT2D eigenvalue weighted by molar-refractivity contribution is -0.150. The van der Waals surface area contributed by atoms with E-state index in [-0.39, 0.29) is 18.1 Å². The molecule has 184 valence electrons. The van der Waals surface area contributed by atoms with Crippen LogP contribution >= 0.6 is 27.5 Å². The minimum atomic E-state index is -0.845. The van der Waals surface area contributed by atoms with E-state index in [0.29, 0.717) is 37.5 Å². The molecule has 0 unspecified atom stereocenters. The number of benzene rings is 2. The molecule has 9 heteroatoms. The van der Waals surface area contributed by atoms with Crippen molar-refractivity contribution >= 4 is 50.6 Å². The average Bonchev–Trinajstić information content (AvgIpc) is 2.85. The molecule has 1 atom stereocenters. The van der Waals surface area contributed by atoms with Gasteiger partial charge in [0.15, 0.2) is 6.10 Å². The van der Waals surface area contributed by atoms with Gasteiger partial charge in [0.25, 0.3) is 5.56 Å². The van der Waals surface area contributed by atoms with E-state index < -0.39 is 12.1 Å². The van der Waals surface area contributed by atoms with Crippen LogP contribution in [0.4, 0.5) is 0 Å². The Hall–Kier alpha value is -2.71. The quantitative estimate of drug-likeness (QED) is 0.259. The Morgan fingerprint density at radius 3 is 2.77 bits per heavy atom. The molecule has 7 nitrogen and oxygen atoms in total. The van der Waals surface area contributed by atoms with Gasteiger partial charge in [-0.3, -0.25) is 4.79 Å². The predicted molar refractivity (Wildman–Crippen MR) is 141 cm³/mol. The summed E-state index contributed by atoms with van der Waals surface area (Å²) in [6.07, 6.45) is 6.00. The fraction of sp³-hybridized carbons (Fsp3) is 0.385. The molecule has 35 heavy (non-hydrogen) atoms. The molecule has 1 aliphatic rings. The number of aromatic nitrogens is 2. The second kappa shape index (κ2) is 11.4. The molecule has 1 heterocycles. The molecule has 1 aliphatic carbocycles. The standard InChI is InChI=1S/C26H27BrClN3O4/c1-3-34-26(33)16(2)35-23-18(13-19(28)14-21(23)27)15-29-31-24(17-9-5-4-6-10-17)30-22-12-8-7-11-20(22)25(31)32/h7-8,11-17H,3-6,9-10H2,1-2H3/t16-/m1/s1. The van der Waals surface area contributed by atoms with Crippen molar-refractivity contribution in [3.8, 4) is 5.75 Å². The summed E-state index contributed by atoms with van der Waals surface area (Å²) in [6.45, 7) is 3.60. The molecule has 1 saturated carbocycles. The van der Waals surface area contributed by atoms with Crippen molar-refractivity contribution in [2.75, 3.05) is 6.61 Å². The lowest BCUT2D eigenvalue weighted by Gasteiger charge is -2.22. The molecule has 1 aromatic heterocycles. The lowest BCUT2D eigenvalue weighted by atomic mass is 9.88. The zero-order valence-corrected chi connectivity index (χ0v) is 22.0. The van der Waals surface area contributed by atoms with Crippen molar-refractivity contribution in [1.29, 1.82) is 0 Å². The van der Waals surface area contributed by atoms with Gasteiger partial charge in [0.05, 0.1) is 28.2 Å². The Morgan fingerprint density at radius 2 is 2.03 bits per heavy atom. The molecule has 0 saturated heterocycles. The monoisotopic (exact) mass is 559 g/mol. The van der Waals surface area contributed by atoms with Crippen molar-refractivity contribution in [2.45, 2.75) is 58.0 Å². The molecular weight excluding hydrogens is 534 g/mol. The molecule has 0 amide bonds. The topological polar surface area (TPSA) is 82.8 Å². The van der Waals surface area contributed by atoms with Gasteiger partial charge < -0.3 is 9.47 Å². The normalized spacial score (nSPS) is 15.4. The molecule has 0 N–H and O–H groups in total. The summed E-state index contributed by atoms with van der Waals surface area (Å²) in [5.41, 5.74) is 0.952. The Morgan fingerprint density at radius 1 is 1.29 bits per heavy atom. The smallest absolute Gasteiger partial charge is 0.347 e. The minimum absolute atomic E-state index is 0.156. The maximum atomic E-state index is 13.5. The van der Waals surface area contributed by atoms with Gasteiger partial charge in [0, 0.05) is 16.5 Å². The van der Waals surface area contributed by atoms with Crippen LogP contribution in [0, 0.1) is 0 Å². The average molecular weight is 561 g/mol.